The van der Waals surface area contributed by atoms with Crippen LogP contribution in [-0.4, -0.2) is 46.0 Å². The van der Waals surface area contributed by atoms with Crippen LogP contribution in [0.5, 0.6) is 5.75 Å². The van der Waals surface area contributed by atoms with Crippen LogP contribution in [0.15, 0.2) is 17.0 Å². The van der Waals surface area contributed by atoms with Crippen molar-refractivity contribution in [3.05, 3.63) is 23.3 Å². The fourth-order valence-corrected chi connectivity index (χ4v) is 3.65. The molecule has 2 rings (SSSR count). The molecule has 6 nitrogen and oxygen atoms in total. The number of likely N-dealkylation sites (tertiary alicyclic amines) is 1. The van der Waals surface area contributed by atoms with E-state index in [1.807, 2.05) is 13.8 Å². The standard InChI is InChI=1S/C15H22N2O4S/c1-11-8-13(21-3)14(9-12(11)2)22(19,20)16-10-15(18)17-6-4-5-7-17/h8-9,16H,4-7,10H2,1-3H3. The molecule has 1 aromatic carbocycles. The number of hydrogen-bond donors (Lipinski definition) is 1. The van der Waals surface area contributed by atoms with Gasteiger partial charge in [0.2, 0.25) is 15.9 Å². The van der Waals surface area contributed by atoms with Gasteiger partial charge >= 0.3 is 0 Å². The summed E-state index contributed by atoms with van der Waals surface area (Å²) < 4.78 is 32.4. The highest BCUT2D eigenvalue weighted by Crippen LogP contribution is 2.27. The lowest BCUT2D eigenvalue weighted by molar-refractivity contribution is -0.128. The Morgan fingerprint density at radius 1 is 1.23 bits per heavy atom. The van der Waals surface area contributed by atoms with Gasteiger partial charge < -0.3 is 9.64 Å². The van der Waals surface area contributed by atoms with Crippen LogP contribution in [0.4, 0.5) is 0 Å². The van der Waals surface area contributed by atoms with Crippen molar-refractivity contribution in [3.63, 3.8) is 0 Å². The molecule has 1 aromatic rings. The molecular formula is C15H22N2O4S. The molecule has 1 N–H and O–H groups in total. The van der Waals surface area contributed by atoms with Gasteiger partial charge in [-0.1, -0.05) is 0 Å². The normalized spacial score (nSPS) is 15.1. The maximum Gasteiger partial charge on any atom is 0.244 e. The second-order valence-electron chi connectivity index (χ2n) is 5.50. The molecule has 1 saturated heterocycles. The van der Waals surface area contributed by atoms with Gasteiger partial charge in [0.1, 0.15) is 10.6 Å². The number of sulfonamides is 1. The predicted molar refractivity (Wildman–Crippen MR) is 83.5 cm³/mol. The molecule has 1 aliphatic heterocycles. The molecular weight excluding hydrogens is 304 g/mol. The molecule has 1 heterocycles. The van der Waals surface area contributed by atoms with Crippen LogP contribution >= 0.6 is 0 Å². The first kappa shape index (κ1) is 16.8. The minimum atomic E-state index is -3.79. The molecule has 0 aliphatic carbocycles. The second-order valence-corrected chi connectivity index (χ2v) is 7.24. The Hall–Kier alpha value is -1.60. The Morgan fingerprint density at radius 3 is 2.41 bits per heavy atom. The number of carbonyl (C=O) groups excluding carboxylic acids is 1. The van der Waals surface area contributed by atoms with E-state index in [-0.39, 0.29) is 23.1 Å². The van der Waals surface area contributed by atoms with E-state index in [0.717, 1.165) is 24.0 Å². The van der Waals surface area contributed by atoms with E-state index in [1.165, 1.54) is 7.11 Å². The molecule has 22 heavy (non-hydrogen) atoms. The lowest BCUT2D eigenvalue weighted by Crippen LogP contribution is -2.38. The van der Waals surface area contributed by atoms with E-state index in [9.17, 15) is 13.2 Å². The van der Waals surface area contributed by atoms with Gasteiger partial charge in [0.15, 0.2) is 0 Å². The summed E-state index contributed by atoms with van der Waals surface area (Å²) in [5.74, 6) is 0.0908. The third-order valence-electron chi connectivity index (χ3n) is 3.94. The Bertz CT molecular complexity index is 664. The fourth-order valence-electron chi connectivity index (χ4n) is 2.45. The third-order valence-corrected chi connectivity index (χ3v) is 5.36. The van der Waals surface area contributed by atoms with Crippen molar-refractivity contribution < 1.29 is 17.9 Å². The molecule has 1 aliphatic rings. The van der Waals surface area contributed by atoms with E-state index in [1.54, 1.807) is 17.0 Å². The molecule has 0 unspecified atom stereocenters. The van der Waals surface area contributed by atoms with Gasteiger partial charge in [0, 0.05) is 13.1 Å². The second kappa shape index (κ2) is 6.66. The van der Waals surface area contributed by atoms with E-state index in [2.05, 4.69) is 4.72 Å². The Labute approximate surface area is 131 Å². The van der Waals surface area contributed by atoms with Gasteiger partial charge in [-0.2, -0.15) is 0 Å². The van der Waals surface area contributed by atoms with Gasteiger partial charge in [-0.3, -0.25) is 4.79 Å². The number of nitrogens with one attached hydrogen (secondary N) is 1. The highest BCUT2D eigenvalue weighted by atomic mass is 32.2. The zero-order chi connectivity index (χ0) is 16.3. The number of methoxy groups -OCH3 is 1. The average Bonchev–Trinajstić information content (AvgIpc) is 3.01. The van der Waals surface area contributed by atoms with Crippen molar-refractivity contribution in [2.75, 3.05) is 26.7 Å². The van der Waals surface area contributed by atoms with Crippen LogP contribution in [0.3, 0.4) is 0 Å². The van der Waals surface area contributed by atoms with Crippen molar-refractivity contribution >= 4 is 15.9 Å². The summed E-state index contributed by atoms with van der Waals surface area (Å²) in [6, 6.07) is 3.25. The van der Waals surface area contributed by atoms with E-state index < -0.39 is 10.0 Å². The molecule has 0 saturated carbocycles. The number of rotatable bonds is 5. The minimum Gasteiger partial charge on any atom is -0.495 e. The minimum absolute atomic E-state index is 0.0623. The summed E-state index contributed by atoms with van der Waals surface area (Å²) in [5, 5.41) is 0. The molecule has 0 spiro atoms. The average molecular weight is 326 g/mol. The van der Waals surface area contributed by atoms with Crippen LogP contribution in [-0.2, 0) is 14.8 Å². The molecule has 7 heteroatoms. The maximum atomic E-state index is 12.4. The zero-order valence-corrected chi connectivity index (χ0v) is 14.0. The van der Waals surface area contributed by atoms with Crippen molar-refractivity contribution in [1.29, 1.82) is 0 Å². The van der Waals surface area contributed by atoms with Crippen LogP contribution in [0, 0.1) is 13.8 Å². The number of aryl methyl sites for hydroxylation is 2. The molecule has 0 bridgehead atoms. The first-order chi connectivity index (χ1) is 10.3. The van der Waals surface area contributed by atoms with Crippen LogP contribution in [0.2, 0.25) is 0 Å². The predicted octanol–water partition coefficient (Wildman–Crippen LogP) is 1.21. The van der Waals surface area contributed by atoms with Gasteiger partial charge in [-0.25, -0.2) is 13.1 Å². The summed E-state index contributed by atoms with van der Waals surface area (Å²) in [6.45, 7) is 4.90. The number of benzene rings is 1. The van der Waals surface area contributed by atoms with E-state index in [0.29, 0.717) is 13.1 Å². The Balaban J connectivity index is 2.16. The van der Waals surface area contributed by atoms with Crippen LogP contribution in [0.25, 0.3) is 0 Å². The third kappa shape index (κ3) is 3.59. The summed E-state index contributed by atoms with van der Waals surface area (Å²) in [7, 11) is -2.36. The quantitative estimate of drug-likeness (QED) is 0.882. The largest absolute Gasteiger partial charge is 0.495 e. The number of ether oxygens (including phenoxy) is 1. The highest BCUT2D eigenvalue weighted by Gasteiger charge is 2.24. The highest BCUT2D eigenvalue weighted by molar-refractivity contribution is 7.89. The maximum absolute atomic E-state index is 12.4. The summed E-state index contributed by atoms with van der Waals surface area (Å²) in [6.07, 6.45) is 1.95. The van der Waals surface area contributed by atoms with E-state index in [4.69, 9.17) is 4.74 Å². The SMILES string of the molecule is COc1cc(C)c(C)cc1S(=O)(=O)NCC(=O)N1CCCC1. The molecule has 0 radical (unpaired) electrons. The van der Waals surface area contributed by atoms with Crippen molar-refractivity contribution in [1.82, 2.24) is 9.62 Å². The molecule has 1 amide bonds. The smallest absolute Gasteiger partial charge is 0.244 e. The van der Waals surface area contributed by atoms with Crippen molar-refractivity contribution in [2.24, 2.45) is 0 Å². The summed E-state index contributed by atoms with van der Waals surface area (Å²) >= 11 is 0. The first-order valence-electron chi connectivity index (χ1n) is 7.28. The molecule has 0 atom stereocenters. The summed E-state index contributed by atoms with van der Waals surface area (Å²) in [4.78, 5) is 13.7. The molecule has 122 valence electrons. The Kier molecular flexibility index (Phi) is 5.08. The molecule has 1 fully saturated rings. The van der Waals surface area contributed by atoms with Crippen LogP contribution in [0.1, 0.15) is 24.0 Å². The number of nitrogens with zero attached hydrogens (tertiary/aromatic N) is 1. The number of hydrogen-bond acceptors (Lipinski definition) is 4. The van der Waals surface area contributed by atoms with Crippen LogP contribution < -0.4 is 9.46 Å². The summed E-state index contributed by atoms with van der Waals surface area (Å²) in [5.41, 5.74) is 1.80. The lowest BCUT2D eigenvalue weighted by Gasteiger charge is -2.17. The Morgan fingerprint density at radius 2 is 1.82 bits per heavy atom. The van der Waals surface area contributed by atoms with Gasteiger partial charge in [0.25, 0.3) is 0 Å². The lowest BCUT2D eigenvalue weighted by atomic mass is 10.1. The fraction of sp³-hybridized carbons (Fsp3) is 0.533. The van der Waals surface area contributed by atoms with E-state index >= 15 is 0 Å². The topological polar surface area (TPSA) is 75.7 Å². The van der Waals surface area contributed by atoms with Crippen molar-refractivity contribution in [3.8, 4) is 5.75 Å². The van der Waals surface area contributed by atoms with Gasteiger partial charge in [0.05, 0.1) is 13.7 Å². The van der Waals surface area contributed by atoms with Gasteiger partial charge in [-0.05, 0) is 49.9 Å². The van der Waals surface area contributed by atoms with Gasteiger partial charge in [-0.15, -0.1) is 0 Å². The molecule has 0 aromatic heterocycles. The van der Waals surface area contributed by atoms with Crippen molar-refractivity contribution in [2.45, 2.75) is 31.6 Å². The number of carbonyl (C=O) groups is 1. The number of amides is 1. The monoisotopic (exact) mass is 326 g/mol. The first-order valence-corrected chi connectivity index (χ1v) is 8.76. The zero-order valence-electron chi connectivity index (χ0n) is 13.2.